The van der Waals surface area contributed by atoms with Crippen LogP contribution in [-0.2, 0) is 17.6 Å². The van der Waals surface area contributed by atoms with Crippen molar-refractivity contribution < 1.29 is 13.6 Å². The van der Waals surface area contributed by atoms with E-state index in [0.29, 0.717) is 13.2 Å². The van der Waals surface area contributed by atoms with Crippen LogP contribution >= 0.6 is 15.9 Å². The van der Waals surface area contributed by atoms with Crippen molar-refractivity contribution in [2.45, 2.75) is 52.1 Å². The number of halogens is 1. The Bertz CT molecular complexity index is 636. The van der Waals surface area contributed by atoms with Crippen molar-refractivity contribution in [3.8, 4) is 5.75 Å². The summed E-state index contributed by atoms with van der Waals surface area (Å²) >= 11 is 3.52. The zero-order chi connectivity index (χ0) is 17.1. The first-order valence-corrected chi connectivity index (χ1v) is 11.3. The molecule has 1 aromatic heterocycles. The summed E-state index contributed by atoms with van der Waals surface area (Å²) in [5, 5.41) is 0.203. The molecular formula is C17H24BrNO3Si. The van der Waals surface area contributed by atoms with Crippen LogP contribution in [0.3, 0.4) is 0 Å². The number of nitrogens with zero attached hydrogens (tertiary/aromatic N) is 1. The zero-order valence-corrected chi connectivity index (χ0v) is 16.9. The van der Waals surface area contributed by atoms with E-state index in [2.05, 4.69) is 60.8 Å². The number of hydrogen-bond acceptors (Lipinski definition) is 4. The molecule has 0 fully saturated rings. The molecule has 23 heavy (non-hydrogen) atoms. The Kier molecular flexibility index (Phi) is 5.70. The molecule has 2 aromatic rings. The van der Waals surface area contributed by atoms with E-state index in [1.165, 1.54) is 6.39 Å². The maximum Gasteiger partial charge on any atom is 0.192 e. The first kappa shape index (κ1) is 18.2. The van der Waals surface area contributed by atoms with Crippen LogP contribution in [0.15, 0.2) is 39.7 Å². The molecule has 0 spiro atoms. The van der Waals surface area contributed by atoms with Crippen molar-refractivity contribution in [2.24, 2.45) is 0 Å². The van der Waals surface area contributed by atoms with E-state index in [-0.39, 0.29) is 5.04 Å². The summed E-state index contributed by atoms with van der Waals surface area (Å²) in [5.41, 5.74) is 1.87. The summed E-state index contributed by atoms with van der Waals surface area (Å²) in [6.45, 7) is 12.2. The van der Waals surface area contributed by atoms with Gasteiger partial charge in [-0.3, -0.25) is 0 Å². The van der Waals surface area contributed by atoms with Gasteiger partial charge in [-0.1, -0.05) is 26.8 Å². The Morgan fingerprint density at radius 1 is 1.22 bits per heavy atom. The van der Waals surface area contributed by atoms with Gasteiger partial charge in [0.25, 0.3) is 0 Å². The van der Waals surface area contributed by atoms with Gasteiger partial charge < -0.3 is 13.6 Å². The smallest absolute Gasteiger partial charge is 0.192 e. The van der Waals surface area contributed by atoms with E-state index >= 15 is 0 Å². The molecule has 0 bridgehead atoms. The van der Waals surface area contributed by atoms with E-state index in [4.69, 9.17) is 13.6 Å². The Balaban J connectivity index is 2.02. The first-order valence-electron chi connectivity index (χ1n) is 7.61. The van der Waals surface area contributed by atoms with Crippen LogP contribution in [0.25, 0.3) is 0 Å². The molecule has 0 aliphatic rings. The largest absolute Gasteiger partial charge is 0.486 e. The highest BCUT2D eigenvalue weighted by Crippen LogP contribution is 2.37. The van der Waals surface area contributed by atoms with E-state index < -0.39 is 8.32 Å². The number of ether oxygens (including phenoxy) is 1. The van der Waals surface area contributed by atoms with Crippen molar-refractivity contribution in [3.05, 3.63) is 46.6 Å². The second kappa shape index (κ2) is 7.19. The van der Waals surface area contributed by atoms with E-state index in [9.17, 15) is 0 Å². The fraction of sp³-hybridized carbons (Fsp3) is 0.471. The summed E-state index contributed by atoms with van der Waals surface area (Å²) < 4.78 is 17.9. The molecule has 1 heterocycles. The zero-order valence-electron chi connectivity index (χ0n) is 14.4. The number of benzene rings is 1. The van der Waals surface area contributed by atoms with E-state index in [0.717, 1.165) is 21.5 Å². The first-order chi connectivity index (χ1) is 10.7. The van der Waals surface area contributed by atoms with Crippen LogP contribution in [0.1, 0.15) is 32.0 Å². The third-order valence-electron chi connectivity index (χ3n) is 4.26. The molecule has 0 unspecified atom stereocenters. The number of aromatic nitrogens is 1. The molecule has 0 aliphatic carbocycles. The van der Waals surface area contributed by atoms with Crippen LogP contribution in [0, 0.1) is 0 Å². The fourth-order valence-corrected chi connectivity index (χ4v) is 3.01. The van der Waals surface area contributed by atoms with E-state index in [1.807, 2.05) is 12.1 Å². The molecule has 0 saturated carbocycles. The van der Waals surface area contributed by atoms with Crippen LogP contribution in [0.4, 0.5) is 0 Å². The van der Waals surface area contributed by atoms with Crippen molar-refractivity contribution in [1.29, 1.82) is 0 Å². The lowest BCUT2D eigenvalue weighted by molar-refractivity contribution is 0.272. The number of oxazole rings is 1. The Hall–Kier alpha value is -1.11. The summed E-state index contributed by atoms with van der Waals surface area (Å²) in [6, 6.07) is 6.06. The van der Waals surface area contributed by atoms with Crippen LogP contribution in [0.2, 0.25) is 18.1 Å². The summed E-state index contributed by atoms with van der Waals surface area (Å²) in [7, 11) is -1.76. The van der Waals surface area contributed by atoms with Crippen LogP contribution in [0.5, 0.6) is 5.75 Å². The molecule has 0 saturated heterocycles. The minimum absolute atomic E-state index is 0.203. The Labute approximate surface area is 147 Å². The minimum atomic E-state index is -1.76. The van der Waals surface area contributed by atoms with Gasteiger partial charge in [-0.05, 0) is 51.8 Å². The Morgan fingerprint density at radius 2 is 1.96 bits per heavy atom. The SMILES string of the molecule is CC(C)(C)[Si](C)(C)OCc1ccc(Br)c(OCc2cocn2)c1. The van der Waals surface area contributed by atoms with Crippen molar-refractivity contribution >= 4 is 24.2 Å². The molecule has 0 radical (unpaired) electrons. The number of rotatable bonds is 6. The third-order valence-corrected chi connectivity index (χ3v) is 9.39. The van der Waals surface area contributed by atoms with Gasteiger partial charge in [0.1, 0.15) is 24.3 Å². The van der Waals surface area contributed by atoms with Crippen molar-refractivity contribution in [3.63, 3.8) is 0 Å². The summed E-state index contributed by atoms with van der Waals surface area (Å²) in [6.07, 6.45) is 2.98. The van der Waals surface area contributed by atoms with Gasteiger partial charge in [0.2, 0.25) is 0 Å². The molecule has 2 rings (SSSR count). The van der Waals surface area contributed by atoms with Gasteiger partial charge in [-0.25, -0.2) is 4.98 Å². The molecule has 6 heteroatoms. The molecule has 0 atom stereocenters. The fourth-order valence-electron chi connectivity index (χ4n) is 1.69. The maximum atomic E-state index is 6.27. The lowest BCUT2D eigenvalue weighted by Crippen LogP contribution is -2.40. The molecule has 0 aliphatic heterocycles. The van der Waals surface area contributed by atoms with Gasteiger partial charge in [0.15, 0.2) is 14.7 Å². The Morgan fingerprint density at radius 3 is 2.57 bits per heavy atom. The molecule has 4 nitrogen and oxygen atoms in total. The van der Waals surface area contributed by atoms with Crippen LogP contribution in [-0.4, -0.2) is 13.3 Å². The van der Waals surface area contributed by atoms with E-state index in [1.54, 1.807) is 6.26 Å². The lowest BCUT2D eigenvalue weighted by atomic mass is 10.2. The average Bonchev–Trinajstić information content (AvgIpc) is 2.97. The average molecular weight is 398 g/mol. The highest BCUT2D eigenvalue weighted by atomic mass is 79.9. The van der Waals surface area contributed by atoms with Crippen molar-refractivity contribution in [2.75, 3.05) is 0 Å². The highest BCUT2D eigenvalue weighted by molar-refractivity contribution is 9.10. The molecular weight excluding hydrogens is 374 g/mol. The second-order valence-corrected chi connectivity index (χ2v) is 12.7. The van der Waals surface area contributed by atoms with Crippen molar-refractivity contribution in [1.82, 2.24) is 4.98 Å². The van der Waals surface area contributed by atoms with Gasteiger partial charge in [0.05, 0.1) is 11.1 Å². The van der Waals surface area contributed by atoms with Gasteiger partial charge in [0, 0.05) is 0 Å². The molecule has 0 amide bonds. The second-order valence-electron chi connectivity index (χ2n) is 7.08. The third kappa shape index (κ3) is 4.93. The van der Waals surface area contributed by atoms with Crippen LogP contribution < -0.4 is 4.74 Å². The predicted octanol–water partition coefficient (Wildman–Crippen LogP) is 5.54. The monoisotopic (exact) mass is 397 g/mol. The topological polar surface area (TPSA) is 44.5 Å². The lowest BCUT2D eigenvalue weighted by Gasteiger charge is -2.36. The minimum Gasteiger partial charge on any atom is -0.486 e. The van der Waals surface area contributed by atoms with Gasteiger partial charge in [-0.2, -0.15) is 0 Å². The normalized spacial score (nSPS) is 12.4. The van der Waals surface area contributed by atoms with Gasteiger partial charge >= 0.3 is 0 Å². The highest BCUT2D eigenvalue weighted by Gasteiger charge is 2.37. The molecule has 0 N–H and O–H groups in total. The van der Waals surface area contributed by atoms with Gasteiger partial charge in [-0.15, -0.1) is 0 Å². The maximum absolute atomic E-state index is 6.27. The summed E-state index contributed by atoms with van der Waals surface area (Å²) in [5.74, 6) is 0.782. The number of hydrogen-bond donors (Lipinski definition) is 0. The summed E-state index contributed by atoms with van der Waals surface area (Å²) in [4.78, 5) is 4.05. The molecule has 1 aromatic carbocycles. The molecule has 126 valence electrons. The predicted molar refractivity (Wildman–Crippen MR) is 97.0 cm³/mol. The standard InChI is InChI=1S/C17H24BrNO3Si/c1-17(2,3)23(4,5)22-9-13-6-7-15(18)16(8-13)21-11-14-10-20-12-19-14/h6-8,10,12H,9,11H2,1-5H3. The quantitative estimate of drug-likeness (QED) is 0.600.